The first-order valence-corrected chi connectivity index (χ1v) is 7.41. The molecule has 3 heterocycles. The normalized spacial score (nSPS) is 10.6. The molecule has 0 radical (unpaired) electrons. The predicted octanol–water partition coefficient (Wildman–Crippen LogP) is -2.09. The number of hydrogen-bond donors (Lipinski definition) is 2. The zero-order valence-electron chi connectivity index (χ0n) is 14.3. The standard InChI is InChI=1S/C8H11N5O4.C4H7N3O2/c1-5-7(10-16-12(5)14)3-9-4-8-6(2)13(15)17-11-8;1-3-4(2-5)6-9-7(3)8/h9H,3-4H2,1-2H3;2,5H2,1H3. The summed E-state index contributed by atoms with van der Waals surface area (Å²) in [6.07, 6.45) is 0. The Morgan fingerprint density at radius 1 is 0.769 bits per heavy atom. The van der Waals surface area contributed by atoms with Gasteiger partial charge in [0.2, 0.25) is 17.1 Å². The summed E-state index contributed by atoms with van der Waals surface area (Å²) in [5, 5.41) is 45.8. The van der Waals surface area contributed by atoms with Gasteiger partial charge in [-0.1, -0.05) is 0 Å². The van der Waals surface area contributed by atoms with E-state index in [0.29, 0.717) is 62.0 Å². The van der Waals surface area contributed by atoms with E-state index in [2.05, 4.69) is 34.7 Å². The van der Waals surface area contributed by atoms with Crippen LogP contribution < -0.4 is 25.8 Å². The Balaban J connectivity index is 0.000000228. The lowest BCUT2D eigenvalue weighted by Gasteiger charge is -1.95. The molecule has 26 heavy (non-hydrogen) atoms. The van der Waals surface area contributed by atoms with Gasteiger partial charge in [0, 0.05) is 36.2 Å². The Morgan fingerprint density at radius 2 is 1.12 bits per heavy atom. The van der Waals surface area contributed by atoms with Gasteiger partial charge in [-0.25, -0.2) is 0 Å². The maximum atomic E-state index is 10.9. The van der Waals surface area contributed by atoms with Crippen molar-refractivity contribution in [2.45, 2.75) is 40.4 Å². The molecule has 3 rings (SSSR count). The van der Waals surface area contributed by atoms with Gasteiger partial charge in [-0.15, -0.1) is 0 Å². The highest BCUT2D eigenvalue weighted by atomic mass is 16.8. The van der Waals surface area contributed by atoms with Gasteiger partial charge >= 0.3 is 0 Å². The number of aromatic nitrogens is 6. The third-order valence-corrected chi connectivity index (χ3v) is 3.53. The summed E-state index contributed by atoms with van der Waals surface area (Å²) in [6.45, 7) is 5.74. The van der Waals surface area contributed by atoms with Crippen molar-refractivity contribution in [2.75, 3.05) is 0 Å². The fraction of sp³-hybridized carbons (Fsp3) is 0.500. The summed E-state index contributed by atoms with van der Waals surface area (Å²) in [5.74, 6) is 0. The van der Waals surface area contributed by atoms with Crippen LogP contribution in [-0.4, -0.2) is 15.5 Å². The van der Waals surface area contributed by atoms with Gasteiger partial charge in [0.25, 0.3) is 0 Å². The van der Waals surface area contributed by atoms with Crippen LogP contribution in [0.1, 0.15) is 34.2 Å². The highest BCUT2D eigenvalue weighted by molar-refractivity contribution is 5.03. The fourth-order valence-electron chi connectivity index (χ4n) is 1.76. The number of hydrogen-bond acceptors (Lipinski definition) is 11. The third-order valence-electron chi connectivity index (χ3n) is 3.53. The van der Waals surface area contributed by atoms with Crippen LogP contribution in [-0.2, 0) is 19.6 Å². The SMILES string of the molecule is Cc1c(CN)no[n+]1[O-].Cc1c(CNCc2no[n+]([O-])c2C)no[n+]1[O-]. The lowest BCUT2D eigenvalue weighted by Crippen LogP contribution is -2.27. The lowest BCUT2D eigenvalue weighted by atomic mass is 10.3. The molecule has 0 atom stereocenters. The molecule has 0 unspecified atom stereocenters. The Hall–Kier alpha value is -3.26. The Kier molecular flexibility index (Phi) is 6.03. The summed E-state index contributed by atoms with van der Waals surface area (Å²) in [7, 11) is 0. The molecule has 0 aliphatic heterocycles. The number of nitrogens with zero attached hydrogens (tertiary/aromatic N) is 6. The predicted molar refractivity (Wildman–Crippen MR) is 79.0 cm³/mol. The highest BCUT2D eigenvalue weighted by Crippen LogP contribution is 2.01. The van der Waals surface area contributed by atoms with E-state index in [1.165, 1.54) is 0 Å². The summed E-state index contributed by atoms with van der Waals surface area (Å²) < 4.78 is 13.0. The molecule has 14 nitrogen and oxygen atoms in total. The maximum absolute atomic E-state index is 10.9. The average Bonchev–Trinajstić information content (AvgIpc) is 3.24. The number of nitrogens with one attached hydrogen (secondary N) is 1. The van der Waals surface area contributed by atoms with Gasteiger partial charge in [0.1, 0.15) is 0 Å². The highest BCUT2D eigenvalue weighted by Gasteiger charge is 2.16. The lowest BCUT2D eigenvalue weighted by molar-refractivity contribution is -0.807. The van der Waals surface area contributed by atoms with Crippen LogP contribution in [0.5, 0.6) is 0 Å². The van der Waals surface area contributed by atoms with Crippen molar-refractivity contribution in [2.24, 2.45) is 5.73 Å². The molecule has 0 aliphatic rings. The zero-order valence-corrected chi connectivity index (χ0v) is 14.3. The molecular weight excluding hydrogens is 352 g/mol. The average molecular weight is 370 g/mol. The van der Waals surface area contributed by atoms with E-state index in [4.69, 9.17) is 5.73 Å². The minimum Gasteiger partial charge on any atom is -0.359 e. The van der Waals surface area contributed by atoms with E-state index in [1.807, 2.05) is 0 Å². The first-order chi connectivity index (χ1) is 12.3. The van der Waals surface area contributed by atoms with Crippen molar-refractivity contribution < 1.29 is 28.6 Å². The van der Waals surface area contributed by atoms with Gasteiger partial charge in [-0.2, -0.15) is 0 Å². The summed E-state index contributed by atoms with van der Waals surface area (Å²) in [4.78, 5) is 1.01. The summed E-state index contributed by atoms with van der Waals surface area (Å²) in [6, 6.07) is 0. The van der Waals surface area contributed by atoms with Gasteiger partial charge in [0.15, 0.2) is 17.1 Å². The third kappa shape index (κ3) is 4.22. The van der Waals surface area contributed by atoms with Crippen LogP contribution in [0.3, 0.4) is 0 Å². The molecule has 0 saturated carbocycles. The molecule has 3 aromatic rings. The zero-order chi connectivity index (χ0) is 19.3. The Morgan fingerprint density at radius 3 is 1.35 bits per heavy atom. The Labute approximate surface area is 146 Å². The van der Waals surface area contributed by atoms with Crippen molar-refractivity contribution in [3.05, 3.63) is 49.8 Å². The fourth-order valence-corrected chi connectivity index (χ4v) is 1.76. The smallest absolute Gasteiger partial charge is 0.234 e. The molecule has 0 fully saturated rings. The topological polar surface area (TPSA) is 197 Å². The van der Waals surface area contributed by atoms with Gasteiger partial charge < -0.3 is 26.7 Å². The number of nitrogens with two attached hydrogens (primary N) is 1. The van der Waals surface area contributed by atoms with Crippen molar-refractivity contribution >= 4 is 0 Å². The Bertz CT molecular complexity index is 810. The van der Waals surface area contributed by atoms with E-state index in [1.54, 1.807) is 20.8 Å². The quantitative estimate of drug-likeness (QED) is 0.467. The minimum atomic E-state index is 0.241. The van der Waals surface area contributed by atoms with Gasteiger partial charge in [0.05, 0.1) is 19.6 Å². The maximum Gasteiger partial charge on any atom is 0.234 e. The molecule has 3 N–H and O–H groups in total. The molecule has 0 amide bonds. The van der Waals surface area contributed by atoms with Gasteiger partial charge in [-0.3, -0.25) is 13.9 Å². The van der Waals surface area contributed by atoms with E-state index >= 15 is 0 Å². The second kappa shape index (κ2) is 8.21. The van der Waals surface area contributed by atoms with Crippen LogP contribution in [0.15, 0.2) is 13.9 Å². The molecular formula is C12H18N8O6. The van der Waals surface area contributed by atoms with Crippen LogP contribution in [0.25, 0.3) is 0 Å². The molecule has 0 aromatic carbocycles. The molecule has 0 bridgehead atoms. The molecule has 142 valence electrons. The molecule has 14 heteroatoms. The monoisotopic (exact) mass is 370 g/mol. The van der Waals surface area contributed by atoms with Crippen molar-refractivity contribution in [3.8, 4) is 0 Å². The first kappa shape index (κ1) is 19.1. The van der Waals surface area contributed by atoms with Crippen LogP contribution >= 0.6 is 0 Å². The second-order valence-corrected chi connectivity index (χ2v) is 5.19. The molecule has 3 aromatic heterocycles. The van der Waals surface area contributed by atoms with Crippen LogP contribution in [0.2, 0.25) is 0 Å². The minimum absolute atomic E-state index is 0.241. The molecule has 0 spiro atoms. The number of rotatable bonds is 5. The van der Waals surface area contributed by atoms with E-state index in [-0.39, 0.29) is 6.54 Å². The largest absolute Gasteiger partial charge is 0.359 e. The van der Waals surface area contributed by atoms with Crippen LogP contribution in [0.4, 0.5) is 0 Å². The van der Waals surface area contributed by atoms with Crippen LogP contribution in [0, 0.1) is 36.4 Å². The van der Waals surface area contributed by atoms with Crippen molar-refractivity contribution in [1.82, 2.24) is 20.8 Å². The van der Waals surface area contributed by atoms with E-state index in [9.17, 15) is 15.6 Å². The summed E-state index contributed by atoms with van der Waals surface area (Å²) >= 11 is 0. The molecule has 0 aliphatic carbocycles. The van der Waals surface area contributed by atoms with E-state index < -0.39 is 0 Å². The molecule has 0 saturated heterocycles. The van der Waals surface area contributed by atoms with E-state index in [0.717, 1.165) is 0 Å². The first-order valence-electron chi connectivity index (χ1n) is 7.41. The van der Waals surface area contributed by atoms with Crippen molar-refractivity contribution in [1.29, 1.82) is 0 Å². The second-order valence-electron chi connectivity index (χ2n) is 5.19. The van der Waals surface area contributed by atoms with Crippen molar-refractivity contribution in [3.63, 3.8) is 0 Å². The summed E-state index contributed by atoms with van der Waals surface area (Å²) in [5.41, 5.74) is 7.94. The van der Waals surface area contributed by atoms with Gasteiger partial charge in [-0.05, 0) is 14.7 Å².